The van der Waals surface area contributed by atoms with Crippen molar-refractivity contribution in [2.45, 2.75) is 52.1 Å². The minimum Gasteiger partial charge on any atom is -0.297 e. The molecule has 4 rings (SSSR count). The van der Waals surface area contributed by atoms with Crippen molar-refractivity contribution in [2.24, 2.45) is 5.92 Å². The lowest BCUT2D eigenvalue weighted by Gasteiger charge is -2.36. The van der Waals surface area contributed by atoms with Crippen molar-refractivity contribution < 1.29 is 14.4 Å². The molecule has 2 aliphatic heterocycles. The highest BCUT2D eigenvalue weighted by Crippen LogP contribution is 2.31. The van der Waals surface area contributed by atoms with Gasteiger partial charge in [0.25, 0.3) is 0 Å². The summed E-state index contributed by atoms with van der Waals surface area (Å²) in [6, 6.07) is 7.98. The zero-order valence-electron chi connectivity index (χ0n) is 18.0. The summed E-state index contributed by atoms with van der Waals surface area (Å²) in [5.41, 5.74) is 2.56. The van der Waals surface area contributed by atoms with E-state index in [2.05, 4.69) is 47.9 Å². The van der Waals surface area contributed by atoms with Crippen LogP contribution < -0.4 is 0 Å². The number of benzene rings is 1. The molecular formula is C23H32N4O3. The predicted octanol–water partition coefficient (Wildman–Crippen LogP) is 2.44. The third kappa shape index (κ3) is 4.27. The second-order valence-electron chi connectivity index (χ2n) is 9.04. The minimum absolute atomic E-state index is 0.140. The average molecular weight is 413 g/mol. The molecule has 0 N–H and O–H groups in total. The monoisotopic (exact) mass is 412 g/mol. The van der Waals surface area contributed by atoms with Crippen LogP contribution in [0.15, 0.2) is 24.3 Å². The molecule has 4 amide bonds. The van der Waals surface area contributed by atoms with Gasteiger partial charge in [-0.3, -0.25) is 24.3 Å². The van der Waals surface area contributed by atoms with Crippen LogP contribution in [0.4, 0.5) is 4.79 Å². The summed E-state index contributed by atoms with van der Waals surface area (Å²) in [6.45, 7) is 8.59. The van der Waals surface area contributed by atoms with Gasteiger partial charge in [-0.25, -0.2) is 9.69 Å². The van der Waals surface area contributed by atoms with Gasteiger partial charge in [-0.05, 0) is 31.2 Å². The Kier molecular flexibility index (Phi) is 6.20. The molecule has 30 heavy (non-hydrogen) atoms. The van der Waals surface area contributed by atoms with E-state index in [9.17, 15) is 14.4 Å². The summed E-state index contributed by atoms with van der Waals surface area (Å²) >= 11 is 0. The first-order valence-corrected chi connectivity index (χ1v) is 11.1. The number of imide groups is 2. The number of aryl methyl sites for hydroxylation is 1. The molecule has 3 aliphatic rings. The maximum atomic E-state index is 13.0. The first-order valence-electron chi connectivity index (χ1n) is 11.1. The number of amides is 4. The van der Waals surface area contributed by atoms with E-state index in [1.54, 1.807) is 0 Å². The van der Waals surface area contributed by atoms with E-state index in [1.165, 1.54) is 16.0 Å². The number of piperazine rings is 1. The molecule has 162 valence electrons. The highest BCUT2D eigenvalue weighted by molar-refractivity contribution is 6.44. The largest absolute Gasteiger partial charge is 0.335 e. The molecule has 1 aromatic carbocycles. The lowest BCUT2D eigenvalue weighted by Crippen LogP contribution is -2.51. The quantitative estimate of drug-likeness (QED) is 0.549. The Morgan fingerprint density at radius 2 is 1.63 bits per heavy atom. The fraction of sp³-hybridized carbons (Fsp3) is 0.609. The zero-order valence-corrected chi connectivity index (χ0v) is 18.0. The van der Waals surface area contributed by atoms with Crippen LogP contribution in [-0.2, 0) is 16.1 Å². The van der Waals surface area contributed by atoms with Gasteiger partial charge in [-0.15, -0.1) is 0 Å². The summed E-state index contributed by atoms with van der Waals surface area (Å²) < 4.78 is 0. The molecule has 0 unspecified atom stereocenters. The van der Waals surface area contributed by atoms with Gasteiger partial charge in [0, 0.05) is 38.8 Å². The second-order valence-corrected chi connectivity index (χ2v) is 9.04. The molecule has 1 aliphatic carbocycles. The number of carbonyl (C=O) groups excluding carboxylic acids is 3. The Labute approximate surface area is 178 Å². The van der Waals surface area contributed by atoms with Crippen molar-refractivity contribution in [3.05, 3.63) is 35.4 Å². The van der Waals surface area contributed by atoms with Crippen LogP contribution in [0.3, 0.4) is 0 Å². The molecule has 2 heterocycles. The Balaban J connectivity index is 1.33. The third-order valence-electron chi connectivity index (χ3n) is 6.78. The van der Waals surface area contributed by atoms with E-state index >= 15 is 0 Å². The average Bonchev–Trinajstić information content (AvgIpc) is 2.93. The SMILES string of the molecule is Cc1cccc(CN2CCN(CN3C(=O)C(=O)N([C@H]4CCCC[C@H]4C)C3=O)CC2)c1. The third-order valence-corrected chi connectivity index (χ3v) is 6.78. The Bertz CT molecular complexity index is 818. The van der Waals surface area contributed by atoms with Crippen LogP contribution in [0.1, 0.15) is 43.7 Å². The molecule has 0 aromatic heterocycles. The molecule has 3 fully saturated rings. The highest BCUT2D eigenvalue weighted by Gasteiger charge is 2.49. The molecular weight excluding hydrogens is 380 g/mol. The van der Waals surface area contributed by atoms with Crippen LogP contribution >= 0.6 is 0 Å². The van der Waals surface area contributed by atoms with Crippen molar-refractivity contribution in [3.63, 3.8) is 0 Å². The van der Waals surface area contributed by atoms with Crippen molar-refractivity contribution in [1.29, 1.82) is 0 Å². The number of rotatable bonds is 5. The molecule has 7 nitrogen and oxygen atoms in total. The van der Waals surface area contributed by atoms with E-state index in [4.69, 9.17) is 0 Å². The summed E-state index contributed by atoms with van der Waals surface area (Å²) in [5.74, 6) is -1.05. The summed E-state index contributed by atoms with van der Waals surface area (Å²) in [4.78, 5) is 45.0. The molecule has 1 aromatic rings. The van der Waals surface area contributed by atoms with Gasteiger partial charge in [0.2, 0.25) is 0 Å². The number of nitrogens with zero attached hydrogens (tertiary/aromatic N) is 4. The first-order chi connectivity index (χ1) is 14.4. The molecule has 2 saturated heterocycles. The van der Waals surface area contributed by atoms with Gasteiger partial charge in [0.05, 0.1) is 6.67 Å². The molecule has 0 radical (unpaired) electrons. The lowest BCUT2D eigenvalue weighted by molar-refractivity contribution is -0.145. The van der Waals surface area contributed by atoms with Crippen molar-refractivity contribution >= 4 is 17.8 Å². The van der Waals surface area contributed by atoms with Crippen LogP contribution in [0.2, 0.25) is 0 Å². The van der Waals surface area contributed by atoms with Crippen LogP contribution in [-0.4, -0.2) is 76.3 Å². The van der Waals surface area contributed by atoms with E-state index in [0.29, 0.717) is 0 Å². The van der Waals surface area contributed by atoms with Gasteiger partial charge >= 0.3 is 17.8 Å². The maximum absolute atomic E-state index is 13.0. The maximum Gasteiger partial charge on any atom is 0.335 e. The minimum atomic E-state index is -0.667. The highest BCUT2D eigenvalue weighted by atomic mass is 16.2. The molecule has 2 atom stereocenters. The Morgan fingerprint density at radius 1 is 0.933 bits per heavy atom. The number of carbonyl (C=O) groups is 3. The van der Waals surface area contributed by atoms with Gasteiger partial charge < -0.3 is 0 Å². The van der Waals surface area contributed by atoms with E-state index in [1.807, 2.05) is 0 Å². The topological polar surface area (TPSA) is 64.2 Å². The Morgan fingerprint density at radius 3 is 2.33 bits per heavy atom. The zero-order chi connectivity index (χ0) is 21.3. The van der Waals surface area contributed by atoms with Gasteiger partial charge in [0.1, 0.15) is 0 Å². The van der Waals surface area contributed by atoms with E-state index in [0.717, 1.165) is 63.3 Å². The Hall–Kier alpha value is -2.25. The van der Waals surface area contributed by atoms with Crippen LogP contribution in [0.5, 0.6) is 0 Å². The number of hydrogen-bond acceptors (Lipinski definition) is 5. The molecule has 7 heteroatoms. The first kappa shape index (κ1) is 21.0. The second kappa shape index (κ2) is 8.86. The van der Waals surface area contributed by atoms with Crippen molar-refractivity contribution in [2.75, 3.05) is 32.8 Å². The lowest BCUT2D eigenvalue weighted by atomic mass is 9.85. The standard InChI is InChI=1S/C23H32N4O3/c1-17-6-5-8-19(14-17)15-24-10-12-25(13-11-24)16-26-21(28)22(29)27(23(26)30)20-9-4-3-7-18(20)2/h5-6,8,14,18,20H,3-4,7,9-13,15-16H2,1-2H3/t18-,20+/m1/s1. The van der Waals surface area contributed by atoms with Crippen molar-refractivity contribution in [1.82, 2.24) is 19.6 Å². The predicted molar refractivity (Wildman–Crippen MR) is 113 cm³/mol. The molecule has 0 bridgehead atoms. The van der Waals surface area contributed by atoms with Crippen LogP contribution in [0.25, 0.3) is 0 Å². The fourth-order valence-electron chi connectivity index (χ4n) is 4.98. The van der Waals surface area contributed by atoms with Gasteiger partial charge in [0.15, 0.2) is 0 Å². The van der Waals surface area contributed by atoms with Crippen LogP contribution in [0, 0.1) is 12.8 Å². The summed E-state index contributed by atoms with van der Waals surface area (Å²) in [7, 11) is 0. The normalized spacial score (nSPS) is 26.7. The smallest absolute Gasteiger partial charge is 0.297 e. The molecule has 1 saturated carbocycles. The van der Waals surface area contributed by atoms with Crippen molar-refractivity contribution in [3.8, 4) is 0 Å². The summed E-state index contributed by atoms with van der Waals surface area (Å²) in [5, 5.41) is 0. The van der Waals surface area contributed by atoms with E-state index in [-0.39, 0.29) is 18.6 Å². The van der Waals surface area contributed by atoms with Gasteiger partial charge in [-0.1, -0.05) is 49.6 Å². The fourth-order valence-corrected chi connectivity index (χ4v) is 4.98. The molecule has 0 spiro atoms. The van der Waals surface area contributed by atoms with Gasteiger partial charge in [-0.2, -0.15) is 0 Å². The number of urea groups is 1. The van der Waals surface area contributed by atoms with E-state index < -0.39 is 17.8 Å². The summed E-state index contributed by atoms with van der Waals surface area (Å²) in [6.07, 6.45) is 3.93. The number of hydrogen-bond donors (Lipinski definition) is 0.